The molecule has 0 atom stereocenters. The third kappa shape index (κ3) is 11.3. The molecular weight excluding hydrogens is 196 g/mol. The average Bonchev–Trinajstić information content (AvgIpc) is 2.17. The fourth-order valence-corrected chi connectivity index (χ4v) is 0.825. The molecule has 0 fully saturated rings. The van der Waals surface area contributed by atoms with Crippen molar-refractivity contribution in [3.05, 3.63) is 36.7 Å². The van der Waals surface area contributed by atoms with Crippen molar-refractivity contribution in [2.75, 3.05) is 6.54 Å². The van der Waals surface area contributed by atoms with Gasteiger partial charge in [-0.25, -0.2) is 0 Å². The summed E-state index contributed by atoms with van der Waals surface area (Å²) in [5, 5.41) is 2.92. The van der Waals surface area contributed by atoms with Gasteiger partial charge in [-0.2, -0.15) is 0 Å². The van der Waals surface area contributed by atoms with E-state index in [1.807, 2.05) is 24.4 Å². The monoisotopic (exact) mass is 216 g/mol. The third-order valence-electron chi connectivity index (χ3n) is 1.58. The van der Waals surface area contributed by atoms with E-state index in [9.17, 15) is 0 Å². The van der Waals surface area contributed by atoms with Gasteiger partial charge in [-0.15, -0.1) is 12.4 Å². The molecule has 0 radical (unpaired) electrons. The summed E-state index contributed by atoms with van der Waals surface area (Å²) in [6.45, 7) is 6.70. The number of halogens is 1. The number of allylic oxidation sites excluding steroid dienone is 3. The number of nitrogens with two attached hydrogens (primary N) is 1. The molecule has 1 rings (SSSR count). The van der Waals surface area contributed by atoms with Crippen molar-refractivity contribution in [1.29, 1.82) is 0 Å². The Balaban J connectivity index is 0. The first-order chi connectivity index (χ1) is 6.31. The SMILES string of the molecule is C=C1C=CC=CN1.CCCCCN.Cl. The quantitative estimate of drug-likeness (QED) is 0.712. The summed E-state index contributed by atoms with van der Waals surface area (Å²) in [6.07, 6.45) is 11.4. The summed E-state index contributed by atoms with van der Waals surface area (Å²) in [4.78, 5) is 0. The molecule has 0 amide bonds. The van der Waals surface area contributed by atoms with Crippen molar-refractivity contribution in [2.45, 2.75) is 26.2 Å². The van der Waals surface area contributed by atoms with Crippen LogP contribution in [0.1, 0.15) is 26.2 Å². The van der Waals surface area contributed by atoms with Gasteiger partial charge in [0.25, 0.3) is 0 Å². The predicted octanol–water partition coefficient (Wildman–Crippen LogP) is 2.73. The summed E-state index contributed by atoms with van der Waals surface area (Å²) in [7, 11) is 0. The molecular formula is C11H21ClN2. The number of unbranched alkanes of at least 4 members (excludes halogenated alkanes) is 2. The highest BCUT2D eigenvalue weighted by Gasteiger charge is 1.82. The topological polar surface area (TPSA) is 38.0 Å². The molecule has 0 aliphatic carbocycles. The fraction of sp³-hybridized carbons (Fsp3) is 0.455. The normalized spacial score (nSPS) is 12.3. The molecule has 3 N–H and O–H groups in total. The van der Waals surface area contributed by atoms with Crippen LogP contribution in [0.2, 0.25) is 0 Å². The molecule has 1 heterocycles. The number of rotatable bonds is 3. The van der Waals surface area contributed by atoms with Crippen molar-refractivity contribution in [3.8, 4) is 0 Å². The van der Waals surface area contributed by atoms with Crippen LogP contribution in [0.5, 0.6) is 0 Å². The molecule has 0 aromatic carbocycles. The maximum Gasteiger partial charge on any atom is 0.0306 e. The number of dihydropyridines is 1. The standard InChI is InChI=1S/C6H7N.C5H13N.ClH/c1-6-4-2-3-5-7-6;1-2-3-4-5-6;/h2-5,7H,1H2;2-6H2,1H3;1H. The summed E-state index contributed by atoms with van der Waals surface area (Å²) >= 11 is 0. The Hall–Kier alpha value is -0.730. The van der Waals surface area contributed by atoms with Gasteiger partial charge in [-0.1, -0.05) is 32.4 Å². The minimum absolute atomic E-state index is 0. The number of hydrogen-bond donors (Lipinski definition) is 2. The van der Waals surface area contributed by atoms with Crippen LogP contribution in [0.3, 0.4) is 0 Å². The Morgan fingerprint density at radius 1 is 1.36 bits per heavy atom. The molecule has 0 aromatic heterocycles. The van der Waals surface area contributed by atoms with Gasteiger partial charge < -0.3 is 11.1 Å². The Kier molecular flexibility index (Phi) is 13.8. The maximum atomic E-state index is 5.21. The van der Waals surface area contributed by atoms with Crippen molar-refractivity contribution in [1.82, 2.24) is 5.32 Å². The molecule has 14 heavy (non-hydrogen) atoms. The van der Waals surface area contributed by atoms with Crippen LogP contribution in [0.25, 0.3) is 0 Å². The molecule has 0 saturated carbocycles. The van der Waals surface area contributed by atoms with Gasteiger partial charge in [-0.05, 0) is 25.1 Å². The average molecular weight is 217 g/mol. The van der Waals surface area contributed by atoms with Crippen molar-refractivity contribution in [3.63, 3.8) is 0 Å². The van der Waals surface area contributed by atoms with E-state index in [0.29, 0.717) is 0 Å². The second kappa shape index (κ2) is 12.3. The lowest BCUT2D eigenvalue weighted by atomic mass is 10.3. The second-order valence-electron chi connectivity index (χ2n) is 2.88. The van der Waals surface area contributed by atoms with Crippen LogP contribution in [-0.2, 0) is 0 Å². The van der Waals surface area contributed by atoms with Crippen LogP contribution in [-0.4, -0.2) is 6.54 Å². The predicted molar refractivity (Wildman–Crippen MR) is 66.4 cm³/mol. The highest BCUT2D eigenvalue weighted by molar-refractivity contribution is 5.85. The molecule has 0 aromatic rings. The Labute approximate surface area is 93.4 Å². The molecule has 1 aliphatic rings. The zero-order chi connectivity index (χ0) is 9.94. The van der Waals surface area contributed by atoms with E-state index < -0.39 is 0 Å². The highest BCUT2D eigenvalue weighted by atomic mass is 35.5. The van der Waals surface area contributed by atoms with Crippen molar-refractivity contribution < 1.29 is 0 Å². The van der Waals surface area contributed by atoms with E-state index in [0.717, 1.165) is 12.2 Å². The van der Waals surface area contributed by atoms with Gasteiger partial charge in [0.15, 0.2) is 0 Å². The number of nitrogens with one attached hydrogen (secondary N) is 1. The summed E-state index contributed by atoms with van der Waals surface area (Å²) < 4.78 is 0. The van der Waals surface area contributed by atoms with E-state index in [2.05, 4.69) is 18.8 Å². The van der Waals surface area contributed by atoms with Crippen LogP contribution in [0, 0.1) is 0 Å². The van der Waals surface area contributed by atoms with E-state index in [4.69, 9.17) is 5.73 Å². The molecule has 82 valence electrons. The second-order valence-corrected chi connectivity index (χ2v) is 2.88. The van der Waals surface area contributed by atoms with Crippen LogP contribution >= 0.6 is 12.4 Å². The summed E-state index contributed by atoms with van der Waals surface area (Å²) in [5.41, 5.74) is 6.16. The Bertz CT molecular complexity index is 182. The molecule has 0 saturated heterocycles. The third-order valence-corrected chi connectivity index (χ3v) is 1.58. The minimum Gasteiger partial charge on any atom is -0.362 e. The first-order valence-electron chi connectivity index (χ1n) is 4.80. The first-order valence-corrected chi connectivity index (χ1v) is 4.80. The zero-order valence-corrected chi connectivity index (χ0v) is 9.65. The Morgan fingerprint density at radius 2 is 2.07 bits per heavy atom. The molecule has 1 aliphatic heterocycles. The van der Waals surface area contributed by atoms with Gasteiger partial charge in [0, 0.05) is 11.9 Å². The van der Waals surface area contributed by atoms with E-state index in [1.165, 1.54) is 19.3 Å². The molecule has 3 heteroatoms. The van der Waals surface area contributed by atoms with Crippen LogP contribution in [0.4, 0.5) is 0 Å². The van der Waals surface area contributed by atoms with Gasteiger partial charge in [0.05, 0.1) is 0 Å². The number of hydrogen-bond acceptors (Lipinski definition) is 2. The first kappa shape index (κ1) is 15.7. The lowest BCUT2D eigenvalue weighted by Crippen LogP contribution is -2.01. The largest absolute Gasteiger partial charge is 0.362 e. The van der Waals surface area contributed by atoms with Crippen molar-refractivity contribution >= 4 is 12.4 Å². The zero-order valence-electron chi connectivity index (χ0n) is 8.83. The van der Waals surface area contributed by atoms with Gasteiger partial charge >= 0.3 is 0 Å². The summed E-state index contributed by atoms with van der Waals surface area (Å²) in [5.74, 6) is 0. The van der Waals surface area contributed by atoms with Gasteiger partial charge in [0.1, 0.15) is 0 Å². The van der Waals surface area contributed by atoms with E-state index in [-0.39, 0.29) is 12.4 Å². The Morgan fingerprint density at radius 3 is 2.29 bits per heavy atom. The fourth-order valence-electron chi connectivity index (χ4n) is 0.825. The van der Waals surface area contributed by atoms with Gasteiger partial charge in [-0.3, -0.25) is 0 Å². The minimum atomic E-state index is 0. The van der Waals surface area contributed by atoms with E-state index in [1.54, 1.807) is 0 Å². The summed E-state index contributed by atoms with van der Waals surface area (Å²) in [6, 6.07) is 0. The van der Waals surface area contributed by atoms with Crippen LogP contribution < -0.4 is 11.1 Å². The molecule has 2 nitrogen and oxygen atoms in total. The van der Waals surface area contributed by atoms with E-state index >= 15 is 0 Å². The maximum absolute atomic E-state index is 5.21. The van der Waals surface area contributed by atoms with Crippen LogP contribution in [0.15, 0.2) is 36.7 Å². The molecule has 0 bridgehead atoms. The highest BCUT2D eigenvalue weighted by Crippen LogP contribution is 1.92. The van der Waals surface area contributed by atoms with Crippen molar-refractivity contribution in [2.24, 2.45) is 5.73 Å². The molecule has 0 unspecified atom stereocenters. The lowest BCUT2D eigenvalue weighted by molar-refractivity contribution is 0.727. The van der Waals surface area contributed by atoms with Gasteiger partial charge in [0.2, 0.25) is 0 Å². The smallest absolute Gasteiger partial charge is 0.0306 e. The lowest BCUT2D eigenvalue weighted by Gasteiger charge is -1.99. The molecule has 0 spiro atoms.